The number of likely N-dealkylation sites (tertiary alicyclic amines) is 1. The van der Waals surface area contributed by atoms with Crippen LogP contribution in [0.3, 0.4) is 0 Å². The molecule has 3 rings (SSSR count). The molecule has 2 aliphatic heterocycles. The van der Waals surface area contributed by atoms with Gasteiger partial charge < -0.3 is 39.9 Å². The number of unbranched alkanes of at least 4 members (excludes halogenated alkanes) is 2. The van der Waals surface area contributed by atoms with Gasteiger partial charge in [0.25, 0.3) is 11.8 Å². The van der Waals surface area contributed by atoms with Crippen molar-refractivity contribution in [2.24, 2.45) is 23.7 Å². The highest BCUT2D eigenvalue weighted by atomic mass is 16.5. The van der Waals surface area contributed by atoms with Gasteiger partial charge in [0.1, 0.15) is 18.1 Å². The summed E-state index contributed by atoms with van der Waals surface area (Å²) in [6.07, 6.45) is 3.62. The van der Waals surface area contributed by atoms with Crippen molar-refractivity contribution in [3.8, 4) is 0 Å². The fraction of sp³-hybridized carbons (Fsp3) is 0.640. The van der Waals surface area contributed by atoms with Gasteiger partial charge in [-0.1, -0.05) is 104 Å². The average Bonchev–Trinajstić information content (AvgIpc) is 3.83. The molecule has 0 bridgehead atoms. The maximum Gasteiger partial charge on any atom is 0.326 e. The molecule has 0 spiro atoms. The summed E-state index contributed by atoms with van der Waals surface area (Å²) in [5.41, 5.74) is 1.51. The number of hydrogen-bond acceptors (Lipinski definition) is 10. The minimum absolute atomic E-state index is 0.0856. The standard InChI is InChI=1S/C50H76N6O11/c1-13-33(7)45(54(10)49(63)43(30(2)3)52-48(62)44(31(4)5)53(9)39(57)22-18-15-19-25-55-40(58)23-24-41(55)59)38(66-11)28-42(60)56-29-32(6)26-37(56)46(67-12)34(8)47(61)51-36(50(64)65)27-35-20-16-14-17-21-35/h14,16-17,20-21,23-24,30-31,33-34,36-38,43-46H,6,13,15,18-19,22,25-29H2,1-5,7-12H3,(H,51,61)(H,52,62)(H,64,65)/t33-,34?,36-,37-,38?,43-,44?,45?,46?/m0/s1. The smallest absolute Gasteiger partial charge is 0.326 e. The molecule has 0 aromatic heterocycles. The van der Waals surface area contributed by atoms with Crippen LogP contribution in [-0.4, -0.2) is 156 Å². The van der Waals surface area contributed by atoms with E-state index in [0.717, 1.165) is 11.1 Å². The topological polar surface area (TPSA) is 212 Å². The number of carbonyl (C=O) groups excluding carboxylic acids is 7. The van der Waals surface area contributed by atoms with E-state index in [0.29, 0.717) is 32.1 Å². The number of rotatable bonds is 27. The van der Waals surface area contributed by atoms with E-state index in [9.17, 15) is 43.5 Å². The third-order valence-corrected chi connectivity index (χ3v) is 13.3. The van der Waals surface area contributed by atoms with Crippen molar-refractivity contribution in [3.05, 3.63) is 60.2 Å². The number of ether oxygens (including phenoxy) is 2. The first kappa shape index (κ1) is 55.9. The van der Waals surface area contributed by atoms with E-state index in [1.54, 1.807) is 55.1 Å². The first-order valence-corrected chi connectivity index (χ1v) is 23.5. The molecule has 5 unspecified atom stereocenters. The van der Waals surface area contributed by atoms with E-state index < -0.39 is 66.1 Å². The maximum absolute atomic E-state index is 14.6. The zero-order chi connectivity index (χ0) is 50.3. The van der Waals surface area contributed by atoms with Gasteiger partial charge in [-0.3, -0.25) is 38.5 Å². The van der Waals surface area contributed by atoms with Crippen LogP contribution in [-0.2, 0) is 54.3 Å². The zero-order valence-electron chi connectivity index (χ0n) is 41.5. The van der Waals surface area contributed by atoms with E-state index >= 15 is 0 Å². The molecular formula is C50H76N6O11. The Morgan fingerprint density at radius 2 is 1.48 bits per heavy atom. The molecule has 17 nitrogen and oxygen atoms in total. The fourth-order valence-electron chi connectivity index (χ4n) is 9.21. The SMILES string of the molecule is C=C1C[C@@H](C(OC)C(C)C(=O)N[C@@H](Cc2ccccc2)C(=O)O)N(C(=O)CC(OC)C([C@@H](C)CC)N(C)C(=O)[C@@H](NC(=O)C(C(C)C)N(C)C(=O)CCCCCN2C(=O)C=CC2=O)C(C)C)C1. The Morgan fingerprint density at radius 1 is 0.851 bits per heavy atom. The number of amides is 7. The van der Waals surface area contributed by atoms with Gasteiger partial charge in [0.2, 0.25) is 29.5 Å². The molecule has 17 heteroatoms. The summed E-state index contributed by atoms with van der Waals surface area (Å²) in [6, 6.07) is 4.73. The molecule has 3 N–H and O–H groups in total. The molecule has 0 saturated carbocycles. The van der Waals surface area contributed by atoms with Gasteiger partial charge in [0.15, 0.2) is 0 Å². The summed E-state index contributed by atoms with van der Waals surface area (Å²) in [6.45, 7) is 17.5. The van der Waals surface area contributed by atoms with Gasteiger partial charge in [0.05, 0.1) is 36.6 Å². The molecule has 0 radical (unpaired) electrons. The Bertz CT molecular complexity index is 1920. The largest absolute Gasteiger partial charge is 0.480 e. The molecule has 2 aliphatic rings. The van der Waals surface area contributed by atoms with Crippen molar-refractivity contribution in [3.63, 3.8) is 0 Å². The van der Waals surface area contributed by atoms with Gasteiger partial charge in [-0.25, -0.2) is 4.79 Å². The predicted octanol–water partition coefficient (Wildman–Crippen LogP) is 3.99. The molecule has 67 heavy (non-hydrogen) atoms. The van der Waals surface area contributed by atoms with Gasteiger partial charge in [-0.05, 0) is 42.6 Å². The number of carboxylic acid groups (broad SMARTS) is 1. The molecule has 0 aliphatic carbocycles. The van der Waals surface area contributed by atoms with E-state index in [1.165, 1.54) is 36.2 Å². The van der Waals surface area contributed by atoms with E-state index in [-0.39, 0.29) is 79.6 Å². The molecule has 9 atom stereocenters. The van der Waals surface area contributed by atoms with Crippen LogP contribution in [0.2, 0.25) is 0 Å². The molecule has 1 saturated heterocycles. The van der Waals surface area contributed by atoms with Crippen molar-refractivity contribution >= 4 is 47.3 Å². The molecule has 1 aromatic carbocycles. The van der Waals surface area contributed by atoms with E-state index in [1.807, 2.05) is 47.6 Å². The minimum atomic E-state index is -1.18. The van der Waals surface area contributed by atoms with Gasteiger partial charge in [-0.2, -0.15) is 0 Å². The van der Waals surface area contributed by atoms with Crippen molar-refractivity contribution < 1.29 is 52.9 Å². The van der Waals surface area contributed by atoms with E-state index in [2.05, 4.69) is 17.2 Å². The van der Waals surface area contributed by atoms with Crippen molar-refractivity contribution in [2.45, 2.75) is 142 Å². The fourth-order valence-corrected chi connectivity index (χ4v) is 9.21. The Hall–Kier alpha value is -5.42. The molecule has 1 aromatic rings. The van der Waals surface area contributed by atoms with E-state index in [4.69, 9.17) is 9.47 Å². The number of methoxy groups -OCH3 is 2. The predicted molar refractivity (Wildman–Crippen MR) is 253 cm³/mol. The zero-order valence-corrected chi connectivity index (χ0v) is 41.5. The second kappa shape index (κ2) is 26.2. The number of aliphatic carboxylic acids is 1. The van der Waals surface area contributed by atoms with Crippen LogP contribution in [0.15, 0.2) is 54.6 Å². The highest BCUT2D eigenvalue weighted by Crippen LogP contribution is 2.31. The normalized spacial score (nSPS) is 18.6. The lowest BCUT2D eigenvalue weighted by molar-refractivity contribution is -0.149. The quantitative estimate of drug-likeness (QED) is 0.0652. The lowest BCUT2D eigenvalue weighted by atomic mass is 9.89. The lowest BCUT2D eigenvalue weighted by Crippen LogP contribution is -2.60. The van der Waals surface area contributed by atoms with Crippen LogP contribution >= 0.6 is 0 Å². The lowest BCUT2D eigenvalue weighted by Gasteiger charge is -2.41. The number of benzene rings is 1. The summed E-state index contributed by atoms with van der Waals surface area (Å²) in [4.78, 5) is 112. The van der Waals surface area contributed by atoms with Gasteiger partial charge in [-0.15, -0.1) is 0 Å². The summed E-state index contributed by atoms with van der Waals surface area (Å²) < 4.78 is 11.9. The number of nitrogens with zero attached hydrogens (tertiary/aromatic N) is 4. The molecular weight excluding hydrogens is 861 g/mol. The number of imide groups is 1. The van der Waals surface area contributed by atoms with Gasteiger partial charge in [0, 0.05) is 66.4 Å². The maximum atomic E-state index is 14.6. The third kappa shape index (κ3) is 15.0. The number of likely N-dealkylation sites (N-methyl/N-ethyl adjacent to an activating group) is 2. The number of carboxylic acids is 1. The van der Waals surface area contributed by atoms with Crippen LogP contribution in [0.1, 0.15) is 99.0 Å². The van der Waals surface area contributed by atoms with Crippen molar-refractivity contribution in [2.75, 3.05) is 41.4 Å². The Kier molecular flexibility index (Phi) is 21.9. The number of nitrogens with one attached hydrogen (secondary N) is 2. The Labute approximate surface area is 397 Å². The van der Waals surface area contributed by atoms with Crippen LogP contribution in [0.25, 0.3) is 0 Å². The van der Waals surface area contributed by atoms with Crippen LogP contribution < -0.4 is 10.6 Å². The van der Waals surface area contributed by atoms with Crippen LogP contribution in [0.5, 0.6) is 0 Å². The molecule has 2 heterocycles. The first-order chi connectivity index (χ1) is 31.6. The van der Waals surface area contributed by atoms with Gasteiger partial charge >= 0.3 is 5.97 Å². The molecule has 372 valence electrons. The summed E-state index contributed by atoms with van der Waals surface area (Å²) in [5, 5.41) is 15.6. The summed E-state index contributed by atoms with van der Waals surface area (Å²) in [7, 11) is 6.15. The molecule has 1 fully saturated rings. The minimum Gasteiger partial charge on any atom is -0.480 e. The number of hydrogen-bond donors (Lipinski definition) is 3. The number of carbonyl (C=O) groups is 8. The first-order valence-electron chi connectivity index (χ1n) is 23.5. The van der Waals surface area contributed by atoms with Crippen LogP contribution in [0.4, 0.5) is 0 Å². The highest BCUT2D eigenvalue weighted by Gasteiger charge is 2.44. The molecule has 7 amide bonds. The summed E-state index contributed by atoms with van der Waals surface area (Å²) in [5.74, 6) is -5.49. The van der Waals surface area contributed by atoms with Crippen molar-refractivity contribution in [1.82, 2.24) is 30.2 Å². The average molecular weight is 937 g/mol. The Morgan fingerprint density at radius 3 is 2.01 bits per heavy atom. The second-order valence-corrected chi connectivity index (χ2v) is 18.8. The third-order valence-electron chi connectivity index (χ3n) is 13.3. The summed E-state index contributed by atoms with van der Waals surface area (Å²) >= 11 is 0. The van der Waals surface area contributed by atoms with Crippen LogP contribution in [0, 0.1) is 23.7 Å². The van der Waals surface area contributed by atoms with Crippen molar-refractivity contribution in [1.29, 1.82) is 0 Å². The Balaban J connectivity index is 1.74. The second-order valence-electron chi connectivity index (χ2n) is 18.8. The monoisotopic (exact) mass is 937 g/mol. The highest BCUT2D eigenvalue weighted by molar-refractivity contribution is 6.12.